The van der Waals surface area contributed by atoms with Gasteiger partial charge in [-0.15, -0.1) is 0 Å². The highest BCUT2D eigenvalue weighted by Crippen LogP contribution is 2.42. The molecule has 1 saturated carbocycles. The normalized spacial score (nSPS) is 17.6. The molecule has 3 aromatic rings. The van der Waals surface area contributed by atoms with Gasteiger partial charge in [0.2, 0.25) is 5.75 Å². The fourth-order valence-electron chi connectivity index (χ4n) is 3.18. The predicted molar refractivity (Wildman–Crippen MR) is 103 cm³/mol. The minimum absolute atomic E-state index is 0.431. The lowest BCUT2D eigenvalue weighted by molar-refractivity contribution is 0.126. The highest BCUT2D eigenvalue weighted by atomic mass is 16.5. The quantitative estimate of drug-likeness (QED) is 0.655. The maximum absolute atomic E-state index is 6.04. The van der Waals surface area contributed by atoms with Crippen molar-refractivity contribution >= 4 is 28.4 Å². The van der Waals surface area contributed by atoms with Gasteiger partial charge < -0.3 is 20.1 Å². The summed E-state index contributed by atoms with van der Waals surface area (Å²) in [6, 6.07) is 8.01. The van der Waals surface area contributed by atoms with Gasteiger partial charge in [-0.05, 0) is 25.0 Å². The summed E-state index contributed by atoms with van der Waals surface area (Å²) in [5, 5.41) is 15.2. The average molecular weight is 366 g/mol. The van der Waals surface area contributed by atoms with E-state index in [0.29, 0.717) is 43.9 Å². The van der Waals surface area contributed by atoms with Crippen LogP contribution in [0.3, 0.4) is 0 Å². The lowest BCUT2D eigenvalue weighted by atomic mass is 10.2. The zero-order valence-electron chi connectivity index (χ0n) is 15.0. The number of nitrogens with zero attached hydrogens (tertiary/aromatic N) is 3. The van der Waals surface area contributed by atoms with Crippen molar-refractivity contribution in [1.82, 2.24) is 20.2 Å². The monoisotopic (exact) mass is 366 g/mol. The van der Waals surface area contributed by atoms with Crippen LogP contribution < -0.4 is 15.4 Å². The Morgan fingerprint density at radius 2 is 1.96 bits per heavy atom. The van der Waals surface area contributed by atoms with Crippen LogP contribution in [0.4, 0.5) is 17.5 Å². The van der Waals surface area contributed by atoms with Crippen LogP contribution >= 0.6 is 0 Å². The summed E-state index contributed by atoms with van der Waals surface area (Å²) in [4.78, 5) is 9.51. The minimum Gasteiger partial charge on any atom is -0.486 e. The third kappa shape index (κ3) is 3.40. The van der Waals surface area contributed by atoms with Crippen LogP contribution in [0.15, 0.2) is 24.3 Å². The van der Waals surface area contributed by atoms with Crippen molar-refractivity contribution in [3.8, 4) is 5.75 Å². The number of para-hydroxylation sites is 1. The first-order chi connectivity index (χ1) is 13.4. The first-order valence-electron chi connectivity index (χ1n) is 9.45. The molecule has 8 nitrogen and oxygen atoms in total. The van der Waals surface area contributed by atoms with Gasteiger partial charge in [-0.3, -0.25) is 5.10 Å². The maximum Gasteiger partial charge on any atom is 0.204 e. The number of aromatic nitrogens is 4. The van der Waals surface area contributed by atoms with E-state index in [4.69, 9.17) is 19.4 Å². The lowest BCUT2D eigenvalue weighted by Crippen LogP contribution is -2.17. The van der Waals surface area contributed by atoms with Crippen molar-refractivity contribution in [2.45, 2.75) is 25.2 Å². The maximum atomic E-state index is 6.04. The van der Waals surface area contributed by atoms with Crippen molar-refractivity contribution in [2.24, 2.45) is 0 Å². The van der Waals surface area contributed by atoms with Gasteiger partial charge in [-0.1, -0.05) is 12.1 Å². The first-order valence-corrected chi connectivity index (χ1v) is 9.45. The molecule has 5 rings (SSSR count). The molecule has 0 unspecified atom stereocenters. The molecular weight excluding hydrogens is 344 g/mol. The Kier molecular flexibility index (Phi) is 4.25. The SMILES string of the molecule is c1ccc2c(Nc3nc(C4CC4)nc4c3OCCCOCCN4)n[nH]c2c1. The number of rotatable bonds is 3. The number of anilines is 3. The van der Waals surface area contributed by atoms with Crippen LogP contribution in [0.2, 0.25) is 0 Å². The Bertz CT molecular complexity index is 953. The van der Waals surface area contributed by atoms with Crippen molar-refractivity contribution < 1.29 is 9.47 Å². The molecule has 2 aliphatic rings. The van der Waals surface area contributed by atoms with Crippen LogP contribution in [0, 0.1) is 0 Å². The molecular formula is C19H22N6O2. The molecule has 3 heterocycles. The predicted octanol–water partition coefficient (Wildman–Crippen LogP) is 3.18. The number of fused-ring (bicyclic) bond motifs is 2. The van der Waals surface area contributed by atoms with E-state index in [9.17, 15) is 0 Å². The minimum atomic E-state index is 0.431. The van der Waals surface area contributed by atoms with Gasteiger partial charge in [0.05, 0.1) is 18.7 Å². The van der Waals surface area contributed by atoms with E-state index in [2.05, 4.69) is 20.8 Å². The Labute approximate surface area is 156 Å². The third-order valence-corrected chi connectivity index (χ3v) is 4.75. The Morgan fingerprint density at radius 3 is 2.89 bits per heavy atom. The van der Waals surface area contributed by atoms with Crippen molar-refractivity contribution in [2.75, 3.05) is 37.0 Å². The Balaban J connectivity index is 1.55. The van der Waals surface area contributed by atoms with Gasteiger partial charge in [0.25, 0.3) is 0 Å². The van der Waals surface area contributed by atoms with Crippen molar-refractivity contribution in [3.05, 3.63) is 30.1 Å². The van der Waals surface area contributed by atoms with E-state index in [1.165, 1.54) is 0 Å². The molecule has 8 heteroatoms. The van der Waals surface area contributed by atoms with Crippen LogP contribution in [-0.2, 0) is 4.74 Å². The van der Waals surface area contributed by atoms with Gasteiger partial charge in [0, 0.05) is 30.9 Å². The number of H-pyrrole nitrogens is 1. The molecule has 1 aliphatic heterocycles. The molecule has 0 spiro atoms. The average Bonchev–Trinajstić information content (AvgIpc) is 3.48. The van der Waals surface area contributed by atoms with Crippen LogP contribution in [0.1, 0.15) is 31.0 Å². The Hall–Kier alpha value is -2.87. The second-order valence-corrected chi connectivity index (χ2v) is 6.87. The zero-order chi connectivity index (χ0) is 18.1. The Morgan fingerprint density at radius 1 is 1.04 bits per heavy atom. The molecule has 1 fully saturated rings. The number of aromatic amines is 1. The second kappa shape index (κ2) is 7.03. The number of hydrogen-bond acceptors (Lipinski definition) is 7. The molecule has 0 saturated heterocycles. The first kappa shape index (κ1) is 16.3. The summed E-state index contributed by atoms with van der Waals surface area (Å²) in [7, 11) is 0. The molecule has 1 aliphatic carbocycles. The van der Waals surface area contributed by atoms with Gasteiger partial charge in [-0.25, -0.2) is 9.97 Å². The third-order valence-electron chi connectivity index (χ3n) is 4.75. The zero-order valence-corrected chi connectivity index (χ0v) is 15.0. The summed E-state index contributed by atoms with van der Waals surface area (Å²) in [5.41, 5.74) is 0.976. The van der Waals surface area contributed by atoms with E-state index >= 15 is 0 Å². The molecule has 0 bridgehead atoms. The molecule has 140 valence electrons. The molecule has 1 aromatic carbocycles. The van der Waals surface area contributed by atoms with Crippen LogP contribution in [-0.4, -0.2) is 46.5 Å². The number of nitrogens with one attached hydrogen (secondary N) is 3. The number of hydrogen-bond donors (Lipinski definition) is 3. The lowest BCUT2D eigenvalue weighted by Gasteiger charge is -2.19. The summed E-state index contributed by atoms with van der Waals surface area (Å²) in [6.45, 7) is 2.57. The van der Waals surface area contributed by atoms with Gasteiger partial charge in [0.1, 0.15) is 5.82 Å². The van der Waals surface area contributed by atoms with E-state index in [-0.39, 0.29) is 0 Å². The fraction of sp³-hybridized carbons (Fsp3) is 0.421. The summed E-state index contributed by atoms with van der Waals surface area (Å²) >= 11 is 0. The van der Waals surface area contributed by atoms with Crippen molar-refractivity contribution in [3.63, 3.8) is 0 Å². The summed E-state index contributed by atoms with van der Waals surface area (Å²) in [5.74, 6) is 4.05. The van der Waals surface area contributed by atoms with E-state index in [1.54, 1.807) is 0 Å². The van der Waals surface area contributed by atoms with Gasteiger partial charge in [0.15, 0.2) is 17.5 Å². The topological polar surface area (TPSA) is 97.0 Å². The molecule has 2 aromatic heterocycles. The number of benzene rings is 1. The van der Waals surface area contributed by atoms with E-state index < -0.39 is 0 Å². The molecule has 3 N–H and O–H groups in total. The van der Waals surface area contributed by atoms with Gasteiger partial charge >= 0.3 is 0 Å². The fourth-order valence-corrected chi connectivity index (χ4v) is 3.18. The van der Waals surface area contributed by atoms with E-state index in [1.807, 2.05) is 24.3 Å². The largest absolute Gasteiger partial charge is 0.486 e. The molecule has 0 amide bonds. The summed E-state index contributed by atoms with van der Waals surface area (Å²) in [6.07, 6.45) is 3.09. The van der Waals surface area contributed by atoms with Crippen LogP contribution in [0.25, 0.3) is 10.9 Å². The summed E-state index contributed by atoms with van der Waals surface area (Å²) < 4.78 is 11.6. The smallest absolute Gasteiger partial charge is 0.204 e. The highest BCUT2D eigenvalue weighted by molar-refractivity contribution is 5.91. The van der Waals surface area contributed by atoms with Gasteiger partial charge in [-0.2, -0.15) is 5.10 Å². The molecule has 27 heavy (non-hydrogen) atoms. The van der Waals surface area contributed by atoms with Crippen molar-refractivity contribution in [1.29, 1.82) is 0 Å². The number of ether oxygens (including phenoxy) is 2. The van der Waals surface area contributed by atoms with Crippen LogP contribution in [0.5, 0.6) is 5.75 Å². The highest BCUT2D eigenvalue weighted by Gasteiger charge is 2.29. The second-order valence-electron chi connectivity index (χ2n) is 6.87. The standard InChI is InChI=1S/C19H22N6O2/c1-2-5-14-13(4-1)17(25-24-14)23-19-15-18(21-16(22-19)12-6-7-12)20-8-11-26-9-3-10-27-15/h1-2,4-5,12H,3,6-11H2,(H3,20,21,22,23,24,25). The molecule has 0 atom stereocenters. The van der Waals surface area contributed by atoms with E-state index in [0.717, 1.165) is 47.6 Å². The molecule has 0 radical (unpaired) electrons.